The number of aromatic nitrogens is 2. The van der Waals surface area contributed by atoms with Crippen molar-refractivity contribution in [1.29, 1.82) is 0 Å². The van der Waals surface area contributed by atoms with Crippen LogP contribution in [0.15, 0.2) is 15.5 Å². The highest BCUT2D eigenvalue weighted by atomic mass is 79.9. The van der Waals surface area contributed by atoms with E-state index in [1.54, 1.807) is 6.20 Å². The highest BCUT2D eigenvalue weighted by molar-refractivity contribution is 9.10. The van der Waals surface area contributed by atoms with E-state index in [1.807, 2.05) is 6.92 Å². The van der Waals surface area contributed by atoms with Gasteiger partial charge in [0, 0.05) is 32.7 Å². The monoisotopic (exact) mass is 330 g/mol. The van der Waals surface area contributed by atoms with Gasteiger partial charge in [0.2, 0.25) is 0 Å². The molecule has 0 aliphatic carbocycles. The van der Waals surface area contributed by atoms with E-state index in [0.29, 0.717) is 11.0 Å². The first kappa shape index (κ1) is 14.5. The number of aryl methyl sites for hydroxylation is 1. The Kier molecular flexibility index (Phi) is 5.35. The SMILES string of the molecule is CCn1ncc(NCCN2CCOCC2)c(Br)c1=O. The van der Waals surface area contributed by atoms with Crippen molar-refractivity contribution in [3.63, 3.8) is 0 Å². The van der Waals surface area contributed by atoms with Crippen molar-refractivity contribution in [2.75, 3.05) is 44.7 Å². The molecule has 2 rings (SSSR count). The number of hydrogen-bond donors (Lipinski definition) is 1. The third-order valence-electron chi connectivity index (χ3n) is 3.13. The second kappa shape index (κ2) is 7.02. The molecule has 1 aliphatic rings. The minimum absolute atomic E-state index is 0.0983. The number of morpholine rings is 1. The van der Waals surface area contributed by atoms with Gasteiger partial charge in [-0.2, -0.15) is 5.10 Å². The Morgan fingerprint density at radius 2 is 2.21 bits per heavy atom. The van der Waals surface area contributed by atoms with Gasteiger partial charge in [-0.1, -0.05) is 0 Å². The Morgan fingerprint density at radius 3 is 2.89 bits per heavy atom. The van der Waals surface area contributed by atoms with E-state index >= 15 is 0 Å². The summed E-state index contributed by atoms with van der Waals surface area (Å²) < 4.78 is 7.28. The van der Waals surface area contributed by atoms with Crippen LogP contribution in [-0.4, -0.2) is 54.1 Å². The smallest absolute Gasteiger partial charge is 0.283 e. The highest BCUT2D eigenvalue weighted by Crippen LogP contribution is 2.15. The molecule has 7 heteroatoms. The zero-order valence-corrected chi connectivity index (χ0v) is 12.6. The van der Waals surface area contributed by atoms with Crippen LogP contribution in [0.1, 0.15) is 6.92 Å². The summed E-state index contributed by atoms with van der Waals surface area (Å²) in [6, 6.07) is 0. The number of anilines is 1. The Hall–Kier alpha value is -0.920. The van der Waals surface area contributed by atoms with Gasteiger partial charge in [0.15, 0.2) is 0 Å². The van der Waals surface area contributed by atoms with Crippen LogP contribution in [0, 0.1) is 0 Å². The number of nitrogens with one attached hydrogen (secondary N) is 1. The predicted octanol–water partition coefficient (Wildman–Crippen LogP) is 0.770. The second-order valence-corrected chi connectivity index (χ2v) is 5.17. The van der Waals surface area contributed by atoms with Crippen LogP contribution < -0.4 is 10.9 Å². The van der Waals surface area contributed by atoms with Gasteiger partial charge in [-0.3, -0.25) is 9.69 Å². The van der Waals surface area contributed by atoms with Gasteiger partial charge < -0.3 is 10.1 Å². The van der Waals surface area contributed by atoms with Crippen molar-refractivity contribution in [3.8, 4) is 0 Å². The second-order valence-electron chi connectivity index (χ2n) is 4.37. The van der Waals surface area contributed by atoms with E-state index in [-0.39, 0.29) is 5.56 Å². The zero-order chi connectivity index (χ0) is 13.7. The molecule has 6 nitrogen and oxygen atoms in total. The van der Waals surface area contributed by atoms with E-state index in [4.69, 9.17) is 4.74 Å². The van der Waals surface area contributed by atoms with Gasteiger partial charge in [0.05, 0.1) is 25.1 Å². The van der Waals surface area contributed by atoms with Gasteiger partial charge in [-0.15, -0.1) is 0 Å². The third-order valence-corrected chi connectivity index (χ3v) is 3.90. The van der Waals surface area contributed by atoms with E-state index in [2.05, 4.69) is 31.2 Å². The van der Waals surface area contributed by atoms with Crippen LogP contribution in [0.5, 0.6) is 0 Å². The summed E-state index contributed by atoms with van der Waals surface area (Å²) in [5.41, 5.74) is 0.654. The lowest BCUT2D eigenvalue weighted by atomic mass is 10.4. The van der Waals surface area contributed by atoms with E-state index < -0.39 is 0 Å². The molecular weight excluding hydrogens is 312 g/mol. The number of ether oxygens (including phenoxy) is 1. The van der Waals surface area contributed by atoms with Gasteiger partial charge >= 0.3 is 0 Å². The lowest BCUT2D eigenvalue weighted by Gasteiger charge is -2.26. The van der Waals surface area contributed by atoms with E-state index in [9.17, 15) is 4.79 Å². The standard InChI is InChI=1S/C12H19BrN4O2/c1-2-17-12(18)11(13)10(9-15-17)14-3-4-16-5-7-19-8-6-16/h9,14H,2-8H2,1H3. The molecule has 0 unspecified atom stereocenters. The van der Waals surface area contributed by atoms with Crippen molar-refractivity contribution in [1.82, 2.24) is 14.7 Å². The molecular formula is C12H19BrN4O2. The first-order chi connectivity index (χ1) is 9.22. The molecule has 1 aliphatic heterocycles. The topological polar surface area (TPSA) is 59.4 Å². The minimum atomic E-state index is -0.0983. The molecule has 0 spiro atoms. The number of rotatable bonds is 5. The molecule has 0 aromatic carbocycles. The van der Waals surface area contributed by atoms with Crippen molar-refractivity contribution in [2.24, 2.45) is 0 Å². The Labute approximate surface area is 120 Å². The molecule has 106 valence electrons. The van der Waals surface area contributed by atoms with Gasteiger partial charge in [0.25, 0.3) is 5.56 Å². The summed E-state index contributed by atoms with van der Waals surface area (Å²) in [5.74, 6) is 0. The van der Waals surface area contributed by atoms with Crippen molar-refractivity contribution in [2.45, 2.75) is 13.5 Å². The maximum absolute atomic E-state index is 11.9. The average Bonchev–Trinajstić information content (AvgIpc) is 2.45. The molecule has 1 aromatic heterocycles. The van der Waals surface area contributed by atoms with Crippen LogP contribution >= 0.6 is 15.9 Å². The highest BCUT2D eigenvalue weighted by Gasteiger charge is 2.11. The number of hydrogen-bond acceptors (Lipinski definition) is 5. The maximum atomic E-state index is 11.9. The molecule has 1 aromatic rings. The molecule has 1 N–H and O–H groups in total. The summed E-state index contributed by atoms with van der Waals surface area (Å²) in [4.78, 5) is 14.2. The zero-order valence-electron chi connectivity index (χ0n) is 11.1. The summed E-state index contributed by atoms with van der Waals surface area (Å²) >= 11 is 3.33. The average molecular weight is 331 g/mol. The maximum Gasteiger partial charge on any atom is 0.283 e. The first-order valence-electron chi connectivity index (χ1n) is 6.52. The van der Waals surface area contributed by atoms with Gasteiger partial charge in [-0.05, 0) is 22.9 Å². The Morgan fingerprint density at radius 1 is 1.47 bits per heavy atom. The molecule has 2 heterocycles. The fraction of sp³-hybridized carbons (Fsp3) is 0.667. The summed E-state index contributed by atoms with van der Waals surface area (Å²) in [7, 11) is 0. The third kappa shape index (κ3) is 3.77. The quantitative estimate of drug-likeness (QED) is 0.864. The fourth-order valence-electron chi connectivity index (χ4n) is 1.99. The molecule has 1 fully saturated rings. The van der Waals surface area contributed by atoms with Crippen LogP contribution in [0.4, 0.5) is 5.69 Å². The summed E-state index contributed by atoms with van der Waals surface area (Å²) in [5, 5.41) is 7.35. The van der Waals surface area contributed by atoms with Gasteiger partial charge in [-0.25, -0.2) is 4.68 Å². The van der Waals surface area contributed by atoms with Crippen LogP contribution in [0.25, 0.3) is 0 Å². The Balaban J connectivity index is 1.89. The molecule has 0 amide bonds. The van der Waals surface area contributed by atoms with E-state index in [1.165, 1.54) is 4.68 Å². The van der Waals surface area contributed by atoms with Crippen molar-refractivity contribution in [3.05, 3.63) is 21.0 Å². The van der Waals surface area contributed by atoms with Crippen molar-refractivity contribution < 1.29 is 4.74 Å². The molecule has 0 atom stereocenters. The number of nitrogens with zero attached hydrogens (tertiary/aromatic N) is 3. The number of halogens is 1. The van der Waals surface area contributed by atoms with E-state index in [0.717, 1.165) is 45.1 Å². The van der Waals surface area contributed by atoms with Crippen LogP contribution in [0.2, 0.25) is 0 Å². The predicted molar refractivity (Wildman–Crippen MR) is 77.6 cm³/mol. The van der Waals surface area contributed by atoms with Crippen LogP contribution in [0.3, 0.4) is 0 Å². The summed E-state index contributed by atoms with van der Waals surface area (Å²) in [6.07, 6.45) is 1.69. The van der Waals surface area contributed by atoms with Gasteiger partial charge in [0.1, 0.15) is 4.47 Å². The molecule has 1 saturated heterocycles. The minimum Gasteiger partial charge on any atom is -0.381 e. The Bertz CT molecular complexity index is 471. The van der Waals surface area contributed by atoms with Crippen molar-refractivity contribution >= 4 is 21.6 Å². The lowest BCUT2D eigenvalue weighted by molar-refractivity contribution is 0.0398. The lowest BCUT2D eigenvalue weighted by Crippen LogP contribution is -2.39. The molecule has 0 saturated carbocycles. The fourth-order valence-corrected chi connectivity index (χ4v) is 2.43. The molecule has 0 radical (unpaired) electrons. The largest absolute Gasteiger partial charge is 0.381 e. The molecule has 0 bridgehead atoms. The normalized spacial score (nSPS) is 16.5. The summed E-state index contributed by atoms with van der Waals surface area (Å²) in [6.45, 7) is 7.74. The first-order valence-corrected chi connectivity index (χ1v) is 7.31. The molecule has 19 heavy (non-hydrogen) atoms. The van der Waals surface area contributed by atoms with Crippen LogP contribution in [-0.2, 0) is 11.3 Å².